The molecule has 84 valence electrons. The molecule has 5 nitrogen and oxygen atoms in total. The lowest BCUT2D eigenvalue weighted by molar-refractivity contribution is 0.587. The minimum absolute atomic E-state index is 0.00683. The van der Waals surface area contributed by atoms with Gasteiger partial charge in [-0.2, -0.15) is 8.42 Å². The number of rotatable bonds is 2. The van der Waals surface area contributed by atoms with E-state index in [-0.39, 0.29) is 11.2 Å². The van der Waals surface area contributed by atoms with E-state index in [9.17, 15) is 8.42 Å². The average molecular weight is 229 g/mol. The number of hydrogen-bond donors (Lipinski definition) is 2. The van der Waals surface area contributed by atoms with Crippen molar-refractivity contribution in [1.82, 2.24) is 4.98 Å². The fraction of sp³-hybridized carbons (Fsp3) is 0.444. The minimum atomic E-state index is -3.74. The van der Waals surface area contributed by atoms with E-state index >= 15 is 0 Å². The van der Waals surface area contributed by atoms with Crippen molar-refractivity contribution in [2.45, 2.75) is 26.2 Å². The van der Waals surface area contributed by atoms with Crippen LogP contribution in [-0.4, -0.2) is 13.4 Å². The third-order valence-electron chi connectivity index (χ3n) is 1.88. The summed E-state index contributed by atoms with van der Waals surface area (Å²) < 4.78 is 23.5. The molecular formula is C9H15N3O2S. The van der Waals surface area contributed by atoms with Crippen molar-refractivity contribution >= 4 is 16.0 Å². The Balaban J connectivity index is 2.91. The third-order valence-corrected chi connectivity index (χ3v) is 2.37. The molecule has 0 atom stereocenters. The lowest BCUT2D eigenvalue weighted by Gasteiger charge is -2.18. The second-order valence-electron chi connectivity index (χ2n) is 4.33. The molecule has 1 rings (SSSR count). The molecule has 0 aliphatic heterocycles. The second-order valence-corrected chi connectivity index (χ2v) is 5.62. The zero-order valence-corrected chi connectivity index (χ0v) is 9.80. The van der Waals surface area contributed by atoms with E-state index < -0.39 is 10.2 Å². The Bertz CT molecular complexity index is 431. The van der Waals surface area contributed by atoms with Gasteiger partial charge in [0.25, 0.3) is 10.2 Å². The Morgan fingerprint density at radius 3 is 2.27 bits per heavy atom. The summed E-state index contributed by atoms with van der Waals surface area (Å²) in [4.78, 5) is 3.96. The highest BCUT2D eigenvalue weighted by atomic mass is 32.2. The summed E-state index contributed by atoms with van der Waals surface area (Å²) in [6, 6.07) is 3.41. The van der Waals surface area contributed by atoms with Gasteiger partial charge in [0.2, 0.25) is 0 Å². The first-order valence-electron chi connectivity index (χ1n) is 4.45. The summed E-state index contributed by atoms with van der Waals surface area (Å²) in [6.07, 6.45) is 1.63. The summed E-state index contributed by atoms with van der Waals surface area (Å²) in [6.45, 7) is 6.16. The van der Waals surface area contributed by atoms with E-state index in [0.29, 0.717) is 0 Å². The van der Waals surface area contributed by atoms with Gasteiger partial charge in [-0.15, -0.1) is 0 Å². The molecule has 0 amide bonds. The molecule has 0 saturated carbocycles. The maximum atomic E-state index is 10.7. The topological polar surface area (TPSA) is 85.1 Å². The van der Waals surface area contributed by atoms with Gasteiger partial charge in [-0.25, -0.2) is 10.1 Å². The van der Waals surface area contributed by atoms with Gasteiger partial charge in [0.05, 0.1) is 0 Å². The van der Waals surface area contributed by atoms with E-state index in [0.717, 1.165) is 5.56 Å². The van der Waals surface area contributed by atoms with E-state index in [1.807, 2.05) is 6.07 Å². The SMILES string of the molecule is CC(C)(C)c1ccc(NS(N)(=O)=O)nc1. The summed E-state index contributed by atoms with van der Waals surface area (Å²) in [5, 5.41) is 4.81. The van der Waals surface area contributed by atoms with Gasteiger partial charge in [-0.05, 0) is 17.0 Å². The molecule has 0 fully saturated rings. The maximum absolute atomic E-state index is 10.7. The predicted octanol–water partition coefficient (Wildman–Crippen LogP) is 0.995. The summed E-state index contributed by atoms with van der Waals surface area (Å²) >= 11 is 0. The van der Waals surface area contributed by atoms with Crippen molar-refractivity contribution in [1.29, 1.82) is 0 Å². The molecule has 1 aromatic rings. The number of nitrogens with two attached hydrogens (primary N) is 1. The molecule has 0 spiro atoms. The van der Waals surface area contributed by atoms with Crippen LogP contribution in [0.25, 0.3) is 0 Å². The molecule has 3 N–H and O–H groups in total. The van der Waals surface area contributed by atoms with Gasteiger partial charge in [0, 0.05) is 6.20 Å². The molecule has 0 unspecified atom stereocenters. The molecule has 1 heterocycles. The molecule has 0 bridgehead atoms. The van der Waals surface area contributed by atoms with Crippen LogP contribution in [0, 0.1) is 0 Å². The summed E-state index contributed by atoms with van der Waals surface area (Å²) in [7, 11) is -3.74. The maximum Gasteiger partial charge on any atom is 0.297 e. The van der Waals surface area contributed by atoms with Crippen LogP contribution in [0.3, 0.4) is 0 Å². The van der Waals surface area contributed by atoms with Crippen LogP contribution in [0.1, 0.15) is 26.3 Å². The number of nitrogens with zero attached hydrogens (tertiary/aromatic N) is 1. The molecule has 0 aliphatic carbocycles. The number of aromatic nitrogens is 1. The summed E-state index contributed by atoms with van der Waals surface area (Å²) in [5.74, 6) is 0.227. The number of pyridine rings is 1. The number of nitrogens with one attached hydrogen (secondary N) is 1. The van der Waals surface area contributed by atoms with Crippen LogP contribution in [0.15, 0.2) is 18.3 Å². The van der Waals surface area contributed by atoms with Crippen LogP contribution in [0.2, 0.25) is 0 Å². The minimum Gasteiger partial charge on any atom is -0.255 e. The van der Waals surface area contributed by atoms with Gasteiger partial charge in [-0.3, -0.25) is 4.72 Å². The van der Waals surface area contributed by atoms with Gasteiger partial charge in [0.15, 0.2) is 0 Å². The highest BCUT2D eigenvalue weighted by Gasteiger charge is 2.14. The monoisotopic (exact) mass is 229 g/mol. The normalized spacial score (nSPS) is 12.5. The highest BCUT2D eigenvalue weighted by molar-refractivity contribution is 7.90. The van der Waals surface area contributed by atoms with Crippen molar-refractivity contribution in [3.05, 3.63) is 23.9 Å². The van der Waals surface area contributed by atoms with E-state index in [4.69, 9.17) is 5.14 Å². The zero-order valence-electron chi connectivity index (χ0n) is 8.98. The molecule has 1 aromatic heterocycles. The smallest absolute Gasteiger partial charge is 0.255 e. The Kier molecular flexibility index (Phi) is 3.01. The molecular weight excluding hydrogens is 214 g/mol. The van der Waals surface area contributed by atoms with Crippen molar-refractivity contribution in [3.8, 4) is 0 Å². The van der Waals surface area contributed by atoms with Crippen LogP contribution in [0.4, 0.5) is 5.82 Å². The van der Waals surface area contributed by atoms with Crippen molar-refractivity contribution in [2.24, 2.45) is 5.14 Å². The summed E-state index contributed by atoms with van der Waals surface area (Å²) in [5.41, 5.74) is 1.02. The van der Waals surface area contributed by atoms with Crippen LogP contribution < -0.4 is 9.86 Å². The predicted molar refractivity (Wildman–Crippen MR) is 59.7 cm³/mol. The molecule has 0 aromatic carbocycles. The number of hydrogen-bond acceptors (Lipinski definition) is 3. The van der Waals surface area contributed by atoms with Crippen LogP contribution >= 0.6 is 0 Å². The first-order chi connectivity index (χ1) is 6.68. The van der Waals surface area contributed by atoms with Gasteiger partial charge < -0.3 is 0 Å². The Labute approximate surface area is 89.9 Å². The average Bonchev–Trinajstić information content (AvgIpc) is 2.00. The Morgan fingerprint density at radius 1 is 1.33 bits per heavy atom. The quantitative estimate of drug-likeness (QED) is 0.793. The number of anilines is 1. The van der Waals surface area contributed by atoms with E-state index in [2.05, 4.69) is 30.5 Å². The van der Waals surface area contributed by atoms with Crippen molar-refractivity contribution < 1.29 is 8.42 Å². The fourth-order valence-electron chi connectivity index (χ4n) is 1.04. The van der Waals surface area contributed by atoms with E-state index in [1.54, 1.807) is 12.3 Å². The standard InChI is InChI=1S/C9H15N3O2S/c1-9(2,3)7-4-5-8(11-6-7)12-15(10,13)14/h4-6H,1-3H3,(H,11,12)(H2,10,13,14). The third kappa shape index (κ3) is 3.85. The molecule has 15 heavy (non-hydrogen) atoms. The Hall–Kier alpha value is -1.14. The van der Waals surface area contributed by atoms with Crippen molar-refractivity contribution in [2.75, 3.05) is 4.72 Å². The van der Waals surface area contributed by atoms with Crippen LogP contribution in [0.5, 0.6) is 0 Å². The van der Waals surface area contributed by atoms with E-state index in [1.165, 1.54) is 0 Å². The zero-order chi connectivity index (χ0) is 11.7. The van der Waals surface area contributed by atoms with Gasteiger partial charge in [-0.1, -0.05) is 26.8 Å². The second kappa shape index (κ2) is 3.79. The molecule has 0 radical (unpaired) electrons. The molecule has 6 heteroatoms. The van der Waals surface area contributed by atoms with Crippen LogP contribution in [-0.2, 0) is 15.6 Å². The molecule has 0 aliphatic rings. The lowest BCUT2D eigenvalue weighted by atomic mass is 9.88. The van der Waals surface area contributed by atoms with Gasteiger partial charge in [0.1, 0.15) is 5.82 Å². The largest absolute Gasteiger partial charge is 0.297 e. The Morgan fingerprint density at radius 2 is 1.93 bits per heavy atom. The van der Waals surface area contributed by atoms with Gasteiger partial charge >= 0.3 is 0 Å². The first-order valence-corrected chi connectivity index (χ1v) is 6.00. The lowest BCUT2D eigenvalue weighted by Crippen LogP contribution is -2.22. The first kappa shape index (κ1) is 11.9. The molecule has 0 saturated heterocycles. The fourth-order valence-corrected chi connectivity index (χ4v) is 1.46. The highest BCUT2D eigenvalue weighted by Crippen LogP contribution is 2.21. The van der Waals surface area contributed by atoms with Crippen molar-refractivity contribution in [3.63, 3.8) is 0 Å².